The lowest BCUT2D eigenvalue weighted by Crippen LogP contribution is -2.32. The molecule has 0 aromatic carbocycles. The van der Waals surface area contributed by atoms with Gasteiger partial charge < -0.3 is 16.0 Å². The maximum absolute atomic E-state index is 5.49. The van der Waals surface area contributed by atoms with Crippen molar-refractivity contribution in [3.8, 4) is 0 Å². The molecule has 0 aromatic rings. The SMILES string of the molecule is C=C(N)N(CC)CCNC. The Morgan fingerprint density at radius 2 is 2.30 bits per heavy atom. The Labute approximate surface area is 62.9 Å². The third-order valence-corrected chi connectivity index (χ3v) is 1.42. The lowest BCUT2D eigenvalue weighted by atomic mass is 10.5. The molecule has 0 heterocycles. The first-order valence-corrected chi connectivity index (χ1v) is 3.56. The van der Waals surface area contributed by atoms with Crippen LogP contribution in [0.1, 0.15) is 6.92 Å². The Bertz CT molecular complexity index is 101. The van der Waals surface area contributed by atoms with Gasteiger partial charge in [-0.25, -0.2) is 0 Å². The van der Waals surface area contributed by atoms with Crippen LogP contribution in [0.15, 0.2) is 12.4 Å². The van der Waals surface area contributed by atoms with Crippen molar-refractivity contribution in [1.29, 1.82) is 0 Å². The lowest BCUT2D eigenvalue weighted by Gasteiger charge is -2.21. The number of nitrogens with two attached hydrogens (primary N) is 1. The minimum Gasteiger partial charge on any atom is -0.386 e. The van der Waals surface area contributed by atoms with Crippen molar-refractivity contribution in [2.45, 2.75) is 6.92 Å². The molecule has 0 saturated heterocycles. The highest BCUT2D eigenvalue weighted by Gasteiger charge is 1.98. The first kappa shape index (κ1) is 9.30. The van der Waals surface area contributed by atoms with E-state index in [1.54, 1.807) is 0 Å². The number of nitrogens with one attached hydrogen (secondary N) is 1. The van der Waals surface area contributed by atoms with Gasteiger partial charge in [0.25, 0.3) is 0 Å². The van der Waals surface area contributed by atoms with Gasteiger partial charge in [-0.3, -0.25) is 0 Å². The summed E-state index contributed by atoms with van der Waals surface area (Å²) in [6, 6.07) is 0. The van der Waals surface area contributed by atoms with Gasteiger partial charge >= 0.3 is 0 Å². The number of hydrogen-bond donors (Lipinski definition) is 2. The highest BCUT2D eigenvalue weighted by molar-refractivity contribution is 4.85. The molecule has 60 valence electrons. The second-order valence-electron chi connectivity index (χ2n) is 2.17. The van der Waals surface area contributed by atoms with Crippen LogP contribution in [0.3, 0.4) is 0 Å². The van der Waals surface area contributed by atoms with E-state index in [4.69, 9.17) is 5.73 Å². The molecule has 10 heavy (non-hydrogen) atoms. The molecule has 0 saturated carbocycles. The molecule has 0 aliphatic heterocycles. The van der Waals surface area contributed by atoms with Gasteiger partial charge in [-0.2, -0.15) is 0 Å². The lowest BCUT2D eigenvalue weighted by molar-refractivity contribution is 0.360. The Balaban J connectivity index is 3.50. The Morgan fingerprint density at radius 1 is 1.70 bits per heavy atom. The quantitative estimate of drug-likeness (QED) is 0.567. The summed E-state index contributed by atoms with van der Waals surface area (Å²) in [6.07, 6.45) is 0. The summed E-state index contributed by atoms with van der Waals surface area (Å²) in [4.78, 5) is 2.02. The normalized spacial score (nSPS) is 9.40. The zero-order valence-corrected chi connectivity index (χ0v) is 6.85. The summed E-state index contributed by atoms with van der Waals surface area (Å²) in [5.41, 5.74) is 5.49. The first-order valence-electron chi connectivity index (χ1n) is 3.56. The van der Waals surface area contributed by atoms with Gasteiger partial charge in [-0.1, -0.05) is 6.58 Å². The number of nitrogens with zero attached hydrogens (tertiary/aromatic N) is 1. The van der Waals surface area contributed by atoms with E-state index in [0.717, 1.165) is 19.6 Å². The van der Waals surface area contributed by atoms with Gasteiger partial charge in [0.1, 0.15) is 0 Å². The van der Waals surface area contributed by atoms with E-state index in [1.807, 2.05) is 11.9 Å². The van der Waals surface area contributed by atoms with Crippen molar-refractivity contribution in [3.63, 3.8) is 0 Å². The summed E-state index contributed by atoms with van der Waals surface area (Å²) in [5, 5.41) is 3.05. The summed E-state index contributed by atoms with van der Waals surface area (Å²) < 4.78 is 0. The molecule has 0 aliphatic carbocycles. The van der Waals surface area contributed by atoms with Gasteiger partial charge in [0.15, 0.2) is 0 Å². The standard InChI is InChI=1S/C7H17N3/c1-4-10(7(2)8)6-5-9-3/h9H,2,4-6,8H2,1,3H3. The average Bonchev–Trinajstić information content (AvgIpc) is 1.89. The minimum atomic E-state index is 0.651. The van der Waals surface area contributed by atoms with E-state index in [2.05, 4.69) is 18.8 Å². The Morgan fingerprint density at radius 3 is 2.60 bits per heavy atom. The van der Waals surface area contributed by atoms with E-state index in [-0.39, 0.29) is 0 Å². The van der Waals surface area contributed by atoms with Crippen molar-refractivity contribution in [1.82, 2.24) is 10.2 Å². The number of rotatable bonds is 5. The molecule has 0 atom stereocenters. The molecule has 0 radical (unpaired) electrons. The molecule has 0 aromatic heterocycles. The van der Waals surface area contributed by atoms with Gasteiger partial charge in [0.05, 0.1) is 5.82 Å². The van der Waals surface area contributed by atoms with Crippen molar-refractivity contribution < 1.29 is 0 Å². The molecule has 0 unspecified atom stereocenters. The van der Waals surface area contributed by atoms with Crippen LogP contribution in [0.5, 0.6) is 0 Å². The summed E-state index contributed by atoms with van der Waals surface area (Å²) >= 11 is 0. The van der Waals surface area contributed by atoms with Crippen LogP contribution in [0.2, 0.25) is 0 Å². The van der Waals surface area contributed by atoms with E-state index < -0.39 is 0 Å². The molecule has 0 rings (SSSR count). The second-order valence-corrected chi connectivity index (χ2v) is 2.17. The maximum Gasteiger partial charge on any atom is 0.0912 e. The Kier molecular flexibility index (Phi) is 4.76. The second kappa shape index (κ2) is 5.11. The van der Waals surface area contributed by atoms with E-state index in [9.17, 15) is 0 Å². The summed E-state index contributed by atoms with van der Waals surface area (Å²) in [5.74, 6) is 0.651. The van der Waals surface area contributed by atoms with Gasteiger partial charge in [-0.15, -0.1) is 0 Å². The number of hydrogen-bond acceptors (Lipinski definition) is 3. The summed E-state index contributed by atoms with van der Waals surface area (Å²) in [6.45, 7) is 8.53. The van der Waals surface area contributed by atoms with Crippen LogP contribution in [0.25, 0.3) is 0 Å². The van der Waals surface area contributed by atoms with Crippen LogP contribution in [-0.4, -0.2) is 31.6 Å². The maximum atomic E-state index is 5.49. The fourth-order valence-corrected chi connectivity index (χ4v) is 0.752. The van der Waals surface area contributed by atoms with Crippen LogP contribution in [0, 0.1) is 0 Å². The molecule has 0 spiro atoms. The fraction of sp³-hybridized carbons (Fsp3) is 0.714. The van der Waals surface area contributed by atoms with E-state index in [0.29, 0.717) is 5.82 Å². The molecule has 3 N–H and O–H groups in total. The van der Waals surface area contributed by atoms with E-state index >= 15 is 0 Å². The number of likely N-dealkylation sites (N-methyl/N-ethyl adjacent to an activating group) is 2. The molecule has 0 amide bonds. The third-order valence-electron chi connectivity index (χ3n) is 1.42. The highest BCUT2D eigenvalue weighted by atomic mass is 15.2. The molecular formula is C7H17N3. The molecule has 0 aliphatic rings. The minimum absolute atomic E-state index is 0.651. The monoisotopic (exact) mass is 143 g/mol. The molecular weight excluding hydrogens is 126 g/mol. The third kappa shape index (κ3) is 3.35. The first-order chi connectivity index (χ1) is 4.72. The van der Waals surface area contributed by atoms with Crippen LogP contribution in [0.4, 0.5) is 0 Å². The molecule has 3 heteroatoms. The summed E-state index contributed by atoms with van der Waals surface area (Å²) in [7, 11) is 1.92. The predicted molar refractivity (Wildman–Crippen MR) is 44.5 cm³/mol. The topological polar surface area (TPSA) is 41.3 Å². The molecule has 3 nitrogen and oxygen atoms in total. The fourth-order valence-electron chi connectivity index (χ4n) is 0.752. The molecule has 0 fully saturated rings. The van der Waals surface area contributed by atoms with Gasteiger partial charge in [0, 0.05) is 19.6 Å². The van der Waals surface area contributed by atoms with Gasteiger partial charge in [-0.05, 0) is 14.0 Å². The van der Waals surface area contributed by atoms with E-state index in [1.165, 1.54) is 0 Å². The van der Waals surface area contributed by atoms with Crippen LogP contribution < -0.4 is 11.1 Å². The smallest absolute Gasteiger partial charge is 0.0912 e. The zero-order valence-electron chi connectivity index (χ0n) is 6.85. The molecule has 0 bridgehead atoms. The largest absolute Gasteiger partial charge is 0.386 e. The van der Waals surface area contributed by atoms with Crippen LogP contribution >= 0.6 is 0 Å². The predicted octanol–water partition coefficient (Wildman–Crippen LogP) is -0.0424. The van der Waals surface area contributed by atoms with Crippen molar-refractivity contribution in [2.75, 3.05) is 26.7 Å². The van der Waals surface area contributed by atoms with Crippen molar-refractivity contribution >= 4 is 0 Å². The van der Waals surface area contributed by atoms with Gasteiger partial charge in [0.2, 0.25) is 0 Å². The highest BCUT2D eigenvalue weighted by Crippen LogP contribution is 1.90. The Hall–Kier alpha value is -0.700. The van der Waals surface area contributed by atoms with Crippen LogP contribution in [-0.2, 0) is 0 Å². The average molecular weight is 143 g/mol. The zero-order chi connectivity index (χ0) is 7.98. The van der Waals surface area contributed by atoms with Crippen molar-refractivity contribution in [2.24, 2.45) is 5.73 Å². The van der Waals surface area contributed by atoms with Crippen molar-refractivity contribution in [3.05, 3.63) is 12.4 Å².